The fourth-order valence-corrected chi connectivity index (χ4v) is 3.44. The maximum absolute atomic E-state index is 12.9. The van der Waals surface area contributed by atoms with Gasteiger partial charge in [0.2, 0.25) is 0 Å². The van der Waals surface area contributed by atoms with Crippen molar-refractivity contribution in [3.63, 3.8) is 0 Å². The summed E-state index contributed by atoms with van der Waals surface area (Å²) >= 11 is 0. The minimum atomic E-state index is -1.59. The number of phenolic OH excluding ortho intramolecular Hbond substituents is 1. The molecule has 1 aliphatic heterocycles. The van der Waals surface area contributed by atoms with Gasteiger partial charge in [-0.3, -0.25) is 4.79 Å². The van der Waals surface area contributed by atoms with E-state index in [9.17, 15) is 24.9 Å². The molecule has 3 rings (SSSR count). The Labute approximate surface area is 204 Å². The van der Waals surface area contributed by atoms with Crippen molar-refractivity contribution < 1.29 is 39.1 Å². The zero-order valence-electron chi connectivity index (χ0n) is 19.9. The van der Waals surface area contributed by atoms with Crippen LogP contribution in [0.2, 0.25) is 0 Å². The Balaban J connectivity index is 1.91. The Morgan fingerprint density at radius 2 is 1.74 bits per heavy atom. The number of aromatic hydroxyl groups is 1. The smallest absolute Gasteiger partial charge is 0.342 e. The Hall–Kier alpha value is -3.62. The maximum Gasteiger partial charge on any atom is 0.342 e. The quantitative estimate of drug-likeness (QED) is 0.567. The second kappa shape index (κ2) is 11.7. The topological polar surface area (TPSA) is 123 Å². The monoisotopic (exact) mass is 482 g/mol. The number of ketones is 1. The van der Waals surface area contributed by atoms with Crippen LogP contribution in [0.3, 0.4) is 0 Å². The molecule has 0 aromatic heterocycles. The number of ether oxygens (including phenoxy) is 3. The van der Waals surface area contributed by atoms with Gasteiger partial charge in [0, 0.05) is 12.0 Å². The zero-order chi connectivity index (χ0) is 25.5. The maximum atomic E-state index is 12.9. The van der Waals surface area contributed by atoms with Crippen molar-refractivity contribution in [1.82, 2.24) is 0 Å². The highest BCUT2D eigenvalue weighted by Crippen LogP contribution is 2.31. The van der Waals surface area contributed by atoms with Gasteiger partial charge in [-0.1, -0.05) is 37.3 Å². The summed E-state index contributed by atoms with van der Waals surface area (Å²) in [6.45, 7) is 3.62. The number of benzene rings is 2. The summed E-state index contributed by atoms with van der Waals surface area (Å²) < 4.78 is 16.5. The lowest BCUT2D eigenvalue weighted by atomic mass is 9.99. The largest absolute Gasteiger partial charge is 0.507 e. The molecular formula is C27H30O8. The Bertz CT molecular complexity index is 1100. The predicted molar refractivity (Wildman–Crippen MR) is 129 cm³/mol. The summed E-state index contributed by atoms with van der Waals surface area (Å²) in [5.74, 6) is -1.02. The number of aliphatic hydroxyl groups excluding tert-OH is 2. The lowest BCUT2D eigenvalue weighted by Crippen LogP contribution is -2.32. The van der Waals surface area contributed by atoms with E-state index in [1.807, 2.05) is 12.1 Å². The fraction of sp³-hybridized carbons (Fsp3) is 0.333. The van der Waals surface area contributed by atoms with Crippen LogP contribution in [0.4, 0.5) is 0 Å². The molecule has 8 heteroatoms. The van der Waals surface area contributed by atoms with Gasteiger partial charge in [-0.2, -0.15) is 0 Å². The van der Waals surface area contributed by atoms with Gasteiger partial charge in [0.15, 0.2) is 5.78 Å². The molecule has 0 spiro atoms. The minimum Gasteiger partial charge on any atom is -0.507 e. The van der Waals surface area contributed by atoms with E-state index in [2.05, 4.69) is 0 Å². The van der Waals surface area contributed by atoms with Crippen LogP contribution in [0.1, 0.15) is 41.8 Å². The number of hydrogen-bond acceptors (Lipinski definition) is 8. The van der Waals surface area contributed by atoms with Gasteiger partial charge in [-0.25, -0.2) is 4.79 Å². The molecule has 2 aromatic rings. The molecule has 0 amide bonds. The first-order valence-electron chi connectivity index (χ1n) is 11.3. The highest BCUT2D eigenvalue weighted by atomic mass is 16.5. The number of cyclic esters (lactones) is 1. The predicted octanol–water partition coefficient (Wildman–Crippen LogP) is 3.43. The summed E-state index contributed by atoms with van der Waals surface area (Å²) in [6, 6.07) is 10.2. The summed E-state index contributed by atoms with van der Waals surface area (Å²) in [5, 5.41) is 31.0. The van der Waals surface area contributed by atoms with Crippen molar-refractivity contribution in [2.45, 2.75) is 45.2 Å². The van der Waals surface area contributed by atoms with Crippen molar-refractivity contribution in [3.8, 4) is 17.2 Å². The van der Waals surface area contributed by atoms with Crippen molar-refractivity contribution >= 4 is 17.8 Å². The van der Waals surface area contributed by atoms with Gasteiger partial charge in [-0.05, 0) is 48.7 Å². The number of carbonyl (C=O) groups excluding carboxylic acids is 2. The number of esters is 1. The van der Waals surface area contributed by atoms with Gasteiger partial charge in [0.1, 0.15) is 41.6 Å². The van der Waals surface area contributed by atoms with Crippen molar-refractivity contribution in [2.24, 2.45) is 5.92 Å². The van der Waals surface area contributed by atoms with Gasteiger partial charge in [-0.15, -0.1) is 0 Å². The van der Waals surface area contributed by atoms with E-state index in [-0.39, 0.29) is 30.3 Å². The van der Waals surface area contributed by atoms with Crippen LogP contribution in [-0.2, 0) is 16.1 Å². The average molecular weight is 483 g/mol. The molecular weight excluding hydrogens is 452 g/mol. The van der Waals surface area contributed by atoms with Gasteiger partial charge >= 0.3 is 5.97 Å². The fourth-order valence-electron chi connectivity index (χ4n) is 3.44. The molecule has 8 nitrogen and oxygen atoms in total. The SMILES string of the molecule is COc1ccc(COc2cc(O)c3c(c2)/C=C/C[C@H](O)[C@H](O)C(=O)/C=C\[C@@H](C)[C@H](C)OC3=O)cc1. The molecule has 4 atom stereocenters. The third-order valence-electron chi connectivity index (χ3n) is 5.82. The highest BCUT2D eigenvalue weighted by Gasteiger charge is 2.25. The molecule has 1 heterocycles. The minimum absolute atomic E-state index is 0.0516. The number of fused-ring (bicyclic) bond motifs is 1. The van der Waals surface area contributed by atoms with Crippen LogP contribution >= 0.6 is 0 Å². The molecule has 0 saturated carbocycles. The van der Waals surface area contributed by atoms with E-state index in [1.165, 1.54) is 30.4 Å². The Kier molecular flexibility index (Phi) is 8.68. The second-order valence-electron chi connectivity index (χ2n) is 8.42. The average Bonchev–Trinajstić information content (AvgIpc) is 2.84. The molecule has 0 radical (unpaired) electrons. The lowest BCUT2D eigenvalue weighted by molar-refractivity contribution is -0.127. The first-order valence-corrected chi connectivity index (χ1v) is 11.3. The van der Waals surface area contributed by atoms with E-state index in [0.29, 0.717) is 11.3 Å². The molecule has 1 aliphatic rings. The molecule has 186 valence electrons. The van der Waals surface area contributed by atoms with Gasteiger partial charge in [0.25, 0.3) is 0 Å². The summed E-state index contributed by atoms with van der Waals surface area (Å²) in [4.78, 5) is 25.1. The van der Waals surface area contributed by atoms with E-state index in [1.54, 1.807) is 39.2 Å². The van der Waals surface area contributed by atoms with Crippen LogP contribution in [0, 0.1) is 5.92 Å². The summed E-state index contributed by atoms with van der Waals surface area (Å²) in [7, 11) is 1.58. The second-order valence-corrected chi connectivity index (χ2v) is 8.42. The normalized spacial score (nSPS) is 25.1. The third kappa shape index (κ3) is 6.71. The van der Waals surface area contributed by atoms with E-state index in [4.69, 9.17) is 14.2 Å². The van der Waals surface area contributed by atoms with Crippen LogP contribution in [0.25, 0.3) is 6.08 Å². The molecule has 0 fully saturated rings. The van der Waals surface area contributed by atoms with Crippen LogP contribution < -0.4 is 9.47 Å². The molecule has 3 N–H and O–H groups in total. The number of hydrogen-bond donors (Lipinski definition) is 3. The van der Waals surface area contributed by atoms with Crippen LogP contribution in [0.5, 0.6) is 17.2 Å². The number of aliphatic hydroxyl groups is 2. The number of phenols is 1. The summed E-state index contributed by atoms with van der Waals surface area (Å²) in [5.41, 5.74) is 1.13. The number of rotatable bonds is 4. The van der Waals surface area contributed by atoms with Crippen molar-refractivity contribution in [1.29, 1.82) is 0 Å². The third-order valence-corrected chi connectivity index (χ3v) is 5.82. The zero-order valence-corrected chi connectivity index (χ0v) is 19.9. The highest BCUT2D eigenvalue weighted by molar-refractivity contribution is 5.97. The van der Waals surface area contributed by atoms with Crippen LogP contribution in [-0.4, -0.2) is 52.5 Å². The lowest BCUT2D eigenvalue weighted by Gasteiger charge is -2.20. The Morgan fingerprint density at radius 3 is 2.43 bits per heavy atom. The Morgan fingerprint density at radius 1 is 1.03 bits per heavy atom. The number of methoxy groups -OCH3 is 1. The molecule has 35 heavy (non-hydrogen) atoms. The first kappa shape index (κ1) is 26.0. The van der Waals surface area contributed by atoms with Crippen LogP contribution in [0.15, 0.2) is 54.6 Å². The van der Waals surface area contributed by atoms with Gasteiger partial charge in [0.05, 0.1) is 13.2 Å². The van der Waals surface area contributed by atoms with E-state index in [0.717, 1.165) is 11.3 Å². The molecule has 0 unspecified atom stereocenters. The molecule has 2 aromatic carbocycles. The molecule has 0 saturated heterocycles. The van der Waals surface area contributed by atoms with E-state index >= 15 is 0 Å². The molecule has 0 aliphatic carbocycles. The van der Waals surface area contributed by atoms with Crippen molar-refractivity contribution in [3.05, 3.63) is 71.3 Å². The standard InChI is InChI=1S/C27H30O8/c1-16-7-12-23(29)26(31)22(28)6-4-5-19-13-21(14-24(30)25(19)27(32)35-17(16)2)34-15-18-8-10-20(33-3)11-9-18/h4-5,7-14,16-17,22,26,28,30-31H,6,15H2,1-3H3/b5-4+,12-7-/t16-,17+,22+,26+/m1/s1. The van der Waals surface area contributed by atoms with Crippen molar-refractivity contribution in [2.75, 3.05) is 7.11 Å². The molecule has 0 bridgehead atoms. The number of carbonyl (C=O) groups is 2. The van der Waals surface area contributed by atoms with E-state index < -0.39 is 30.1 Å². The first-order chi connectivity index (χ1) is 16.7. The van der Waals surface area contributed by atoms with Gasteiger partial charge < -0.3 is 29.5 Å². The summed E-state index contributed by atoms with van der Waals surface area (Å²) in [6.07, 6.45) is 2.09.